The van der Waals surface area contributed by atoms with Gasteiger partial charge in [-0.2, -0.15) is 0 Å². The number of piperidine rings is 1. The normalized spacial score (nSPS) is 18.2. The molecule has 1 N–H and O–H groups in total. The Labute approximate surface area is 187 Å². The number of nitrogens with zero attached hydrogens (tertiary/aromatic N) is 1. The van der Waals surface area contributed by atoms with Crippen LogP contribution in [-0.2, 0) is 29.0 Å². The number of benzene rings is 2. The van der Waals surface area contributed by atoms with Crippen molar-refractivity contribution in [1.29, 1.82) is 0 Å². The highest BCUT2D eigenvalue weighted by Gasteiger charge is 2.38. The van der Waals surface area contributed by atoms with Gasteiger partial charge in [-0.25, -0.2) is 0 Å². The first-order valence-electron chi connectivity index (χ1n) is 10.5. The summed E-state index contributed by atoms with van der Waals surface area (Å²) in [4.78, 5) is 39.3. The molecule has 160 valence electrons. The fraction of sp³-hybridized carbons (Fsp3) is 0.320. The monoisotopic (exact) mass is 436 g/mol. The number of amides is 2. The SMILES string of the molecule is C=C1CCC(N2Cc3cc(CCC(=O)Cc4c(C)cccc4Cl)ccc3C2=O)C(=O)N1. The smallest absolute Gasteiger partial charge is 0.255 e. The van der Waals surface area contributed by atoms with E-state index >= 15 is 0 Å². The molecule has 2 aromatic carbocycles. The maximum absolute atomic E-state index is 12.8. The van der Waals surface area contributed by atoms with Crippen LogP contribution in [0, 0.1) is 6.92 Å². The summed E-state index contributed by atoms with van der Waals surface area (Å²) in [6, 6.07) is 10.9. The molecule has 0 radical (unpaired) electrons. The van der Waals surface area contributed by atoms with Crippen LogP contribution in [0.5, 0.6) is 0 Å². The summed E-state index contributed by atoms with van der Waals surface area (Å²) in [5.41, 5.74) is 5.17. The molecular weight excluding hydrogens is 412 g/mol. The number of Topliss-reactive ketones (excluding diaryl/α,β-unsaturated/α-hetero) is 1. The Morgan fingerprint density at radius 1 is 1.26 bits per heavy atom. The summed E-state index contributed by atoms with van der Waals surface area (Å²) in [7, 11) is 0. The van der Waals surface area contributed by atoms with Crippen molar-refractivity contribution in [2.75, 3.05) is 0 Å². The van der Waals surface area contributed by atoms with Crippen LogP contribution in [0.25, 0.3) is 0 Å². The van der Waals surface area contributed by atoms with Gasteiger partial charge in [0.1, 0.15) is 11.8 Å². The molecule has 1 atom stereocenters. The highest BCUT2D eigenvalue weighted by molar-refractivity contribution is 6.31. The minimum Gasteiger partial charge on any atom is -0.329 e. The van der Waals surface area contributed by atoms with Gasteiger partial charge in [-0.05, 0) is 60.6 Å². The van der Waals surface area contributed by atoms with E-state index in [1.54, 1.807) is 4.90 Å². The minimum atomic E-state index is -0.464. The number of fused-ring (bicyclic) bond motifs is 1. The Bertz CT molecular complexity index is 1070. The van der Waals surface area contributed by atoms with Gasteiger partial charge in [-0.15, -0.1) is 0 Å². The molecule has 2 aliphatic rings. The van der Waals surface area contributed by atoms with Crippen molar-refractivity contribution in [1.82, 2.24) is 10.2 Å². The lowest BCUT2D eigenvalue weighted by atomic mass is 9.98. The van der Waals surface area contributed by atoms with Crippen LogP contribution < -0.4 is 5.32 Å². The van der Waals surface area contributed by atoms with Crippen molar-refractivity contribution in [3.8, 4) is 0 Å². The fourth-order valence-electron chi connectivity index (χ4n) is 4.32. The summed E-state index contributed by atoms with van der Waals surface area (Å²) in [5, 5.41) is 3.38. The molecule has 5 nitrogen and oxygen atoms in total. The van der Waals surface area contributed by atoms with Crippen molar-refractivity contribution >= 4 is 29.2 Å². The van der Waals surface area contributed by atoms with E-state index in [0.29, 0.717) is 54.9 Å². The maximum atomic E-state index is 12.8. The minimum absolute atomic E-state index is 0.112. The number of allylic oxidation sites excluding steroid dienone is 1. The van der Waals surface area contributed by atoms with Crippen LogP contribution in [0.3, 0.4) is 0 Å². The number of carbonyl (C=O) groups is 3. The lowest BCUT2D eigenvalue weighted by Crippen LogP contribution is -2.49. The van der Waals surface area contributed by atoms with Gasteiger partial charge in [-0.3, -0.25) is 14.4 Å². The van der Waals surface area contributed by atoms with Gasteiger partial charge in [0.2, 0.25) is 5.91 Å². The van der Waals surface area contributed by atoms with E-state index in [1.165, 1.54) is 0 Å². The van der Waals surface area contributed by atoms with Gasteiger partial charge < -0.3 is 10.2 Å². The van der Waals surface area contributed by atoms with E-state index < -0.39 is 6.04 Å². The molecule has 2 aliphatic heterocycles. The Morgan fingerprint density at radius 3 is 2.81 bits per heavy atom. The van der Waals surface area contributed by atoms with Crippen LogP contribution in [0.2, 0.25) is 5.02 Å². The average Bonchev–Trinajstić information content (AvgIpc) is 3.05. The van der Waals surface area contributed by atoms with E-state index in [9.17, 15) is 14.4 Å². The molecule has 2 aromatic rings. The molecule has 2 heterocycles. The summed E-state index contributed by atoms with van der Waals surface area (Å²) in [6.07, 6.45) is 2.61. The molecule has 4 rings (SSSR count). The highest BCUT2D eigenvalue weighted by Crippen LogP contribution is 2.29. The van der Waals surface area contributed by atoms with E-state index in [1.807, 2.05) is 43.3 Å². The largest absolute Gasteiger partial charge is 0.329 e. The van der Waals surface area contributed by atoms with E-state index in [4.69, 9.17) is 11.6 Å². The van der Waals surface area contributed by atoms with Crippen molar-refractivity contribution in [3.05, 3.63) is 81.5 Å². The standard InChI is InChI=1S/C25H25ClN2O3/c1-15-4-3-5-22(26)21(15)13-19(29)9-7-17-8-10-20-18(12-17)14-28(25(20)31)23-11-6-16(2)27-24(23)30/h3-5,8,10,12,23H,2,6-7,9,11,13-14H2,1H3,(H,27,30). The molecule has 0 bridgehead atoms. The third kappa shape index (κ3) is 4.42. The summed E-state index contributed by atoms with van der Waals surface area (Å²) >= 11 is 6.24. The molecule has 2 amide bonds. The second kappa shape index (κ2) is 8.67. The molecule has 31 heavy (non-hydrogen) atoms. The quantitative estimate of drug-likeness (QED) is 0.740. The van der Waals surface area contributed by atoms with E-state index in [-0.39, 0.29) is 17.6 Å². The maximum Gasteiger partial charge on any atom is 0.255 e. The van der Waals surface area contributed by atoms with Crippen molar-refractivity contribution in [3.63, 3.8) is 0 Å². The van der Waals surface area contributed by atoms with Gasteiger partial charge in [-0.1, -0.05) is 42.4 Å². The molecule has 1 fully saturated rings. The number of ketones is 1. The van der Waals surface area contributed by atoms with Crippen LogP contribution >= 0.6 is 11.6 Å². The zero-order valence-corrected chi connectivity index (χ0v) is 18.3. The second-order valence-corrected chi connectivity index (χ2v) is 8.73. The van der Waals surface area contributed by atoms with Crippen molar-refractivity contribution < 1.29 is 14.4 Å². The van der Waals surface area contributed by atoms with Crippen LogP contribution in [0.1, 0.15) is 51.9 Å². The highest BCUT2D eigenvalue weighted by atomic mass is 35.5. The van der Waals surface area contributed by atoms with Crippen LogP contribution in [0.15, 0.2) is 48.7 Å². The number of nitrogens with one attached hydrogen (secondary N) is 1. The van der Waals surface area contributed by atoms with Gasteiger partial charge in [0.05, 0.1) is 0 Å². The van der Waals surface area contributed by atoms with Crippen molar-refractivity contribution in [2.24, 2.45) is 0 Å². The molecule has 0 saturated carbocycles. The molecular formula is C25H25ClN2O3. The first kappa shape index (κ1) is 21.3. The fourth-order valence-corrected chi connectivity index (χ4v) is 4.61. The summed E-state index contributed by atoms with van der Waals surface area (Å²) in [5.74, 6) is -0.147. The van der Waals surface area contributed by atoms with Crippen LogP contribution in [-0.4, -0.2) is 28.5 Å². The Morgan fingerprint density at radius 2 is 2.06 bits per heavy atom. The number of rotatable bonds is 6. The van der Waals surface area contributed by atoms with Gasteiger partial charge in [0.15, 0.2) is 0 Å². The van der Waals surface area contributed by atoms with Crippen molar-refractivity contribution in [2.45, 2.75) is 51.6 Å². The number of hydrogen-bond donors (Lipinski definition) is 1. The Balaban J connectivity index is 1.40. The molecule has 0 aliphatic carbocycles. The predicted octanol–water partition coefficient (Wildman–Crippen LogP) is 4.14. The first-order chi connectivity index (χ1) is 14.8. The van der Waals surface area contributed by atoms with Gasteiger partial charge in [0.25, 0.3) is 5.91 Å². The number of carbonyl (C=O) groups excluding carboxylic acids is 3. The third-order valence-corrected chi connectivity index (χ3v) is 6.47. The molecule has 1 saturated heterocycles. The molecule has 0 aromatic heterocycles. The zero-order valence-electron chi connectivity index (χ0n) is 17.5. The van der Waals surface area contributed by atoms with Crippen LogP contribution in [0.4, 0.5) is 0 Å². The lowest BCUT2D eigenvalue weighted by molar-refractivity contribution is -0.126. The first-order valence-corrected chi connectivity index (χ1v) is 10.9. The molecule has 0 spiro atoms. The summed E-state index contributed by atoms with van der Waals surface area (Å²) < 4.78 is 0. The Kier molecular flexibility index (Phi) is 5.96. The number of halogens is 1. The third-order valence-electron chi connectivity index (χ3n) is 6.12. The van der Waals surface area contributed by atoms with E-state index in [0.717, 1.165) is 22.3 Å². The lowest BCUT2D eigenvalue weighted by Gasteiger charge is -2.30. The molecule has 6 heteroatoms. The topological polar surface area (TPSA) is 66.5 Å². The zero-order chi connectivity index (χ0) is 22.1. The molecule has 1 unspecified atom stereocenters. The Hall–Kier alpha value is -2.92. The number of hydrogen-bond acceptors (Lipinski definition) is 3. The predicted molar refractivity (Wildman–Crippen MR) is 120 cm³/mol. The van der Waals surface area contributed by atoms with Gasteiger partial charge >= 0.3 is 0 Å². The second-order valence-electron chi connectivity index (χ2n) is 8.32. The van der Waals surface area contributed by atoms with Gasteiger partial charge in [0, 0.05) is 35.7 Å². The van der Waals surface area contributed by atoms with E-state index in [2.05, 4.69) is 11.9 Å². The number of aryl methyl sites for hydroxylation is 2. The summed E-state index contributed by atoms with van der Waals surface area (Å²) in [6.45, 7) is 6.17. The average molecular weight is 437 g/mol.